The smallest absolute Gasteiger partial charge is 0.220 e. The molecule has 0 heterocycles. The Morgan fingerprint density at radius 2 is 1.52 bits per heavy atom. The molecule has 4 nitrogen and oxygen atoms in total. The summed E-state index contributed by atoms with van der Waals surface area (Å²) in [5.41, 5.74) is 1.77. The minimum atomic E-state index is -0.0873. The van der Waals surface area contributed by atoms with Gasteiger partial charge < -0.3 is 10.2 Å². The number of carbonyl (C=O) groups excluding carboxylic acids is 2. The standard InChI is InChI=1S/C19H22N2O2/c1-21(17-10-6-3-7-11-17)15-14-20-19(23)13-12-18(22)16-8-4-2-5-9-16/h2-11H,12-15H2,1H3,(H,20,23). The predicted molar refractivity (Wildman–Crippen MR) is 92.7 cm³/mol. The first-order valence-corrected chi connectivity index (χ1v) is 7.78. The molecule has 0 aliphatic carbocycles. The van der Waals surface area contributed by atoms with Crippen LogP contribution < -0.4 is 10.2 Å². The second-order valence-corrected chi connectivity index (χ2v) is 5.40. The van der Waals surface area contributed by atoms with Gasteiger partial charge >= 0.3 is 0 Å². The number of likely N-dealkylation sites (N-methyl/N-ethyl adjacent to an activating group) is 1. The van der Waals surface area contributed by atoms with Crippen molar-refractivity contribution in [3.8, 4) is 0 Å². The molecular weight excluding hydrogens is 288 g/mol. The molecule has 2 aromatic rings. The Hall–Kier alpha value is -2.62. The molecular formula is C19H22N2O2. The van der Waals surface area contributed by atoms with Crippen LogP contribution >= 0.6 is 0 Å². The van der Waals surface area contributed by atoms with E-state index in [1.807, 2.05) is 55.6 Å². The summed E-state index contributed by atoms with van der Waals surface area (Å²) in [5.74, 6) is -0.0853. The van der Waals surface area contributed by atoms with Gasteiger partial charge in [-0.05, 0) is 12.1 Å². The lowest BCUT2D eigenvalue weighted by Gasteiger charge is -2.19. The molecule has 0 fully saturated rings. The highest BCUT2D eigenvalue weighted by atomic mass is 16.2. The summed E-state index contributed by atoms with van der Waals surface area (Å²) in [4.78, 5) is 25.8. The zero-order valence-corrected chi connectivity index (χ0v) is 13.4. The Balaban J connectivity index is 1.66. The van der Waals surface area contributed by atoms with E-state index in [4.69, 9.17) is 0 Å². The van der Waals surface area contributed by atoms with Crippen LogP contribution in [0, 0.1) is 0 Å². The number of hydrogen-bond acceptors (Lipinski definition) is 3. The Labute approximate surface area is 137 Å². The number of para-hydroxylation sites is 1. The second-order valence-electron chi connectivity index (χ2n) is 5.40. The van der Waals surface area contributed by atoms with E-state index in [0.29, 0.717) is 12.1 Å². The zero-order chi connectivity index (χ0) is 16.5. The number of hydrogen-bond donors (Lipinski definition) is 1. The maximum Gasteiger partial charge on any atom is 0.220 e. The van der Waals surface area contributed by atoms with Crippen LogP contribution in [0.4, 0.5) is 5.69 Å². The minimum absolute atomic E-state index is 0.00199. The number of Topliss-reactive ketones (excluding diaryl/α,β-unsaturated/α-hetero) is 1. The fourth-order valence-corrected chi connectivity index (χ4v) is 2.26. The van der Waals surface area contributed by atoms with Gasteiger partial charge in [-0.3, -0.25) is 9.59 Å². The van der Waals surface area contributed by atoms with E-state index in [1.54, 1.807) is 12.1 Å². The number of carbonyl (C=O) groups is 2. The molecule has 120 valence electrons. The van der Waals surface area contributed by atoms with Gasteiger partial charge in [0.05, 0.1) is 0 Å². The first-order chi connectivity index (χ1) is 11.2. The first kappa shape index (κ1) is 16.7. The van der Waals surface area contributed by atoms with Gasteiger partial charge in [0.15, 0.2) is 5.78 Å². The summed E-state index contributed by atoms with van der Waals surface area (Å²) < 4.78 is 0. The average Bonchev–Trinajstić information content (AvgIpc) is 2.61. The minimum Gasteiger partial charge on any atom is -0.373 e. The molecule has 23 heavy (non-hydrogen) atoms. The van der Waals surface area contributed by atoms with Crippen molar-refractivity contribution in [2.75, 3.05) is 25.0 Å². The van der Waals surface area contributed by atoms with Crippen LogP contribution in [0.2, 0.25) is 0 Å². The molecule has 0 spiro atoms. The molecule has 0 aliphatic heterocycles. The third kappa shape index (κ3) is 5.58. The molecule has 4 heteroatoms. The molecule has 0 bridgehead atoms. The molecule has 0 radical (unpaired) electrons. The molecule has 1 amide bonds. The van der Waals surface area contributed by atoms with Crippen LogP contribution in [0.25, 0.3) is 0 Å². The zero-order valence-electron chi connectivity index (χ0n) is 13.4. The lowest BCUT2D eigenvalue weighted by molar-refractivity contribution is -0.121. The largest absolute Gasteiger partial charge is 0.373 e. The quantitative estimate of drug-likeness (QED) is 0.763. The van der Waals surface area contributed by atoms with E-state index in [1.165, 1.54) is 0 Å². The van der Waals surface area contributed by atoms with Gasteiger partial charge in [-0.15, -0.1) is 0 Å². The van der Waals surface area contributed by atoms with Crippen molar-refractivity contribution in [1.82, 2.24) is 5.32 Å². The molecule has 2 aromatic carbocycles. The van der Waals surface area contributed by atoms with Crippen LogP contribution in [0.1, 0.15) is 23.2 Å². The Morgan fingerprint density at radius 1 is 0.913 bits per heavy atom. The summed E-state index contributed by atoms with van der Waals surface area (Å²) >= 11 is 0. The number of ketones is 1. The number of anilines is 1. The number of nitrogens with zero attached hydrogens (tertiary/aromatic N) is 1. The van der Waals surface area contributed by atoms with Gasteiger partial charge in [-0.2, -0.15) is 0 Å². The highest BCUT2D eigenvalue weighted by Gasteiger charge is 2.09. The van der Waals surface area contributed by atoms with E-state index < -0.39 is 0 Å². The summed E-state index contributed by atoms with van der Waals surface area (Å²) in [6, 6.07) is 19.1. The second kappa shape index (κ2) is 8.73. The van der Waals surface area contributed by atoms with Gasteiger partial charge in [0, 0.05) is 44.2 Å². The average molecular weight is 310 g/mol. The van der Waals surface area contributed by atoms with Gasteiger partial charge in [0.2, 0.25) is 5.91 Å². The summed E-state index contributed by atoms with van der Waals surface area (Å²) in [6.07, 6.45) is 0.465. The molecule has 0 aliphatic rings. The summed E-state index contributed by atoms with van der Waals surface area (Å²) in [5, 5.41) is 2.86. The maximum atomic E-state index is 11.9. The fourth-order valence-electron chi connectivity index (χ4n) is 2.26. The van der Waals surface area contributed by atoms with Crippen molar-refractivity contribution in [3.63, 3.8) is 0 Å². The van der Waals surface area contributed by atoms with E-state index >= 15 is 0 Å². The Kier molecular flexibility index (Phi) is 6.36. The van der Waals surface area contributed by atoms with Crippen LogP contribution in [0.5, 0.6) is 0 Å². The normalized spacial score (nSPS) is 10.1. The van der Waals surface area contributed by atoms with E-state index in [2.05, 4.69) is 10.2 Å². The lowest BCUT2D eigenvalue weighted by Crippen LogP contribution is -2.33. The van der Waals surface area contributed by atoms with Crippen molar-refractivity contribution in [2.45, 2.75) is 12.8 Å². The van der Waals surface area contributed by atoms with Crippen molar-refractivity contribution >= 4 is 17.4 Å². The van der Waals surface area contributed by atoms with E-state index in [9.17, 15) is 9.59 Å². The fraction of sp³-hybridized carbons (Fsp3) is 0.263. The molecule has 1 N–H and O–H groups in total. The molecule has 0 atom stereocenters. The van der Waals surface area contributed by atoms with Gasteiger partial charge in [0.25, 0.3) is 0 Å². The van der Waals surface area contributed by atoms with Crippen molar-refractivity contribution in [2.24, 2.45) is 0 Å². The van der Waals surface area contributed by atoms with Crippen LogP contribution in [0.3, 0.4) is 0 Å². The Morgan fingerprint density at radius 3 is 2.17 bits per heavy atom. The highest BCUT2D eigenvalue weighted by Crippen LogP contribution is 2.09. The first-order valence-electron chi connectivity index (χ1n) is 7.78. The molecule has 0 unspecified atom stereocenters. The predicted octanol–water partition coefficient (Wildman–Crippen LogP) is 2.90. The number of rotatable bonds is 8. The number of benzene rings is 2. The Bertz CT molecular complexity index is 626. The third-order valence-corrected chi connectivity index (χ3v) is 3.64. The third-order valence-electron chi connectivity index (χ3n) is 3.64. The SMILES string of the molecule is CN(CCNC(=O)CCC(=O)c1ccccc1)c1ccccc1. The monoisotopic (exact) mass is 310 g/mol. The molecule has 0 saturated heterocycles. The number of nitrogens with one attached hydrogen (secondary N) is 1. The van der Waals surface area contributed by atoms with Crippen molar-refractivity contribution < 1.29 is 9.59 Å². The van der Waals surface area contributed by atoms with Crippen molar-refractivity contribution in [3.05, 3.63) is 66.2 Å². The number of amides is 1. The lowest BCUT2D eigenvalue weighted by atomic mass is 10.1. The summed E-state index contributed by atoms with van der Waals surface area (Å²) in [7, 11) is 1.99. The van der Waals surface area contributed by atoms with Crippen LogP contribution in [-0.2, 0) is 4.79 Å². The van der Waals surface area contributed by atoms with Gasteiger partial charge in [-0.1, -0.05) is 48.5 Å². The topological polar surface area (TPSA) is 49.4 Å². The highest BCUT2D eigenvalue weighted by molar-refractivity contribution is 5.97. The van der Waals surface area contributed by atoms with Gasteiger partial charge in [-0.25, -0.2) is 0 Å². The molecule has 0 saturated carbocycles. The molecule has 0 aromatic heterocycles. The van der Waals surface area contributed by atoms with Gasteiger partial charge in [0.1, 0.15) is 0 Å². The maximum absolute atomic E-state index is 11.9. The van der Waals surface area contributed by atoms with Crippen LogP contribution in [-0.4, -0.2) is 31.8 Å². The summed E-state index contributed by atoms with van der Waals surface area (Å²) in [6.45, 7) is 1.28. The van der Waals surface area contributed by atoms with E-state index in [-0.39, 0.29) is 24.5 Å². The van der Waals surface area contributed by atoms with E-state index in [0.717, 1.165) is 12.2 Å². The van der Waals surface area contributed by atoms with Crippen LogP contribution in [0.15, 0.2) is 60.7 Å². The molecule has 2 rings (SSSR count). The van der Waals surface area contributed by atoms with Crippen molar-refractivity contribution in [1.29, 1.82) is 0 Å².